The Morgan fingerprint density at radius 1 is 0.973 bits per heavy atom. The van der Waals surface area contributed by atoms with Gasteiger partial charge in [0.05, 0.1) is 16.1 Å². The van der Waals surface area contributed by atoms with Crippen molar-refractivity contribution in [2.75, 3.05) is 26.2 Å². The van der Waals surface area contributed by atoms with Crippen molar-refractivity contribution < 1.29 is 24.4 Å². The summed E-state index contributed by atoms with van der Waals surface area (Å²) in [7, 11) is 0. The normalized spacial score (nSPS) is 19.7. The molecular formula is C27H30N4O6. The number of carbonyl (C=O) groups excluding carboxylic acids is 3. The minimum Gasteiger partial charge on any atom is -0.502 e. The Labute approximate surface area is 214 Å². The Balaban J connectivity index is 1.40. The molecule has 0 spiro atoms. The fourth-order valence-corrected chi connectivity index (χ4v) is 5.81. The first-order valence-corrected chi connectivity index (χ1v) is 12.8. The molecule has 1 saturated carbocycles. The van der Waals surface area contributed by atoms with E-state index in [4.69, 9.17) is 0 Å². The predicted molar refractivity (Wildman–Crippen MR) is 134 cm³/mol. The molecule has 0 radical (unpaired) electrons. The molecule has 5 rings (SSSR count). The molecule has 1 saturated heterocycles. The summed E-state index contributed by atoms with van der Waals surface area (Å²) in [6.07, 6.45) is 5.98. The maximum Gasteiger partial charge on any atom is 0.310 e. The molecule has 3 amide bonds. The van der Waals surface area contributed by atoms with Crippen LogP contribution in [-0.2, 0) is 11.2 Å². The second-order valence-electron chi connectivity index (χ2n) is 9.98. The quantitative estimate of drug-likeness (QED) is 0.363. The van der Waals surface area contributed by atoms with E-state index in [9.17, 15) is 29.6 Å². The first-order chi connectivity index (χ1) is 17.8. The summed E-state index contributed by atoms with van der Waals surface area (Å²) in [4.78, 5) is 56.2. The van der Waals surface area contributed by atoms with Gasteiger partial charge in [0.15, 0.2) is 5.75 Å². The van der Waals surface area contributed by atoms with Crippen LogP contribution in [0.2, 0.25) is 0 Å². The third-order valence-corrected chi connectivity index (χ3v) is 7.80. The van der Waals surface area contributed by atoms with Gasteiger partial charge in [0.1, 0.15) is 6.04 Å². The second-order valence-corrected chi connectivity index (χ2v) is 9.98. The highest BCUT2D eigenvalue weighted by atomic mass is 16.6. The minimum atomic E-state index is -1.15. The average Bonchev–Trinajstić information content (AvgIpc) is 3.18. The van der Waals surface area contributed by atoms with Gasteiger partial charge in [-0.2, -0.15) is 0 Å². The third-order valence-electron chi connectivity index (χ3n) is 7.80. The lowest BCUT2D eigenvalue weighted by Crippen LogP contribution is -2.58. The van der Waals surface area contributed by atoms with Crippen molar-refractivity contribution in [1.29, 1.82) is 0 Å². The number of piperazine rings is 1. The number of rotatable bonds is 6. The fourth-order valence-electron chi connectivity index (χ4n) is 5.81. The van der Waals surface area contributed by atoms with Crippen LogP contribution in [0.15, 0.2) is 42.5 Å². The molecule has 10 nitrogen and oxygen atoms in total. The zero-order chi connectivity index (χ0) is 26.1. The summed E-state index contributed by atoms with van der Waals surface area (Å²) >= 11 is 0. The van der Waals surface area contributed by atoms with Crippen molar-refractivity contribution >= 4 is 23.4 Å². The maximum absolute atomic E-state index is 13.9. The van der Waals surface area contributed by atoms with E-state index in [0.717, 1.165) is 18.0 Å². The smallest absolute Gasteiger partial charge is 0.310 e. The van der Waals surface area contributed by atoms with E-state index >= 15 is 0 Å². The molecule has 0 aromatic heterocycles. The van der Waals surface area contributed by atoms with Crippen LogP contribution in [-0.4, -0.2) is 80.7 Å². The van der Waals surface area contributed by atoms with E-state index in [2.05, 4.69) is 4.90 Å². The Bertz CT molecular complexity index is 1200. The van der Waals surface area contributed by atoms with Crippen molar-refractivity contribution in [3.63, 3.8) is 0 Å². The Hall–Kier alpha value is -3.79. The molecule has 2 aliphatic heterocycles. The number of nitro groups is 1. The molecular weight excluding hydrogens is 476 g/mol. The van der Waals surface area contributed by atoms with Crippen LogP contribution >= 0.6 is 0 Å². The third kappa shape index (κ3) is 4.81. The molecule has 2 aromatic carbocycles. The monoisotopic (exact) mass is 506 g/mol. The van der Waals surface area contributed by atoms with E-state index in [1.165, 1.54) is 50.3 Å². The van der Waals surface area contributed by atoms with Gasteiger partial charge in [0.2, 0.25) is 5.91 Å². The number of hydrogen-bond acceptors (Lipinski definition) is 7. The molecule has 10 heteroatoms. The number of carbonyl (C=O) groups is 3. The van der Waals surface area contributed by atoms with Gasteiger partial charge in [0.25, 0.3) is 11.8 Å². The lowest BCUT2D eigenvalue weighted by molar-refractivity contribution is -0.385. The van der Waals surface area contributed by atoms with Crippen molar-refractivity contribution in [2.45, 2.75) is 50.6 Å². The van der Waals surface area contributed by atoms with Gasteiger partial charge in [-0.3, -0.25) is 34.3 Å². The van der Waals surface area contributed by atoms with Crippen LogP contribution < -0.4 is 0 Å². The van der Waals surface area contributed by atoms with Crippen LogP contribution in [0.3, 0.4) is 0 Å². The van der Waals surface area contributed by atoms with E-state index in [1.54, 1.807) is 29.2 Å². The zero-order valence-corrected chi connectivity index (χ0v) is 20.5. The number of imide groups is 1. The molecule has 0 bridgehead atoms. The SMILES string of the molecule is O=C([C@@H](Cc1ccc(O)c([N+](=O)[O-])c1)N1C(=O)c2ccccc2C1=O)N1CCN(C2CCCCC2)CC1. The molecule has 2 aromatic rings. The Morgan fingerprint density at radius 3 is 2.19 bits per heavy atom. The minimum absolute atomic E-state index is 0.0890. The van der Waals surface area contributed by atoms with Gasteiger partial charge in [-0.25, -0.2) is 0 Å². The van der Waals surface area contributed by atoms with Gasteiger partial charge in [-0.1, -0.05) is 37.5 Å². The number of amides is 3. The van der Waals surface area contributed by atoms with Gasteiger partial charge in [-0.05, 0) is 36.6 Å². The van der Waals surface area contributed by atoms with Gasteiger partial charge in [0, 0.05) is 44.7 Å². The molecule has 0 unspecified atom stereocenters. The summed E-state index contributed by atoms with van der Waals surface area (Å²) in [5.74, 6) is -1.94. The van der Waals surface area contributed by atoms with Crippen molar-refractivity contribution in [2.24, 2.45) is 0 Å². The van der Waals surface area contributed by atoms with Crippen LogP contribution in [0.5, 0.6) is 5.75 Å². The summed E-state index contributed by atoms with van der Waals surface area (Å²) in [5.41, 5.74) is 0.362. The maximum atomic E-state index is 13.9. The summed E-state index contributed by atoms with van der Waals surface area (Å²) < 4.78 is 0. The standard InChI is InChI=1S/C27H30N4O6/c32-24-11-10-18(16-22(24)31(36)37)17-23(30-25(33)20-8-4-5-9-21(20)26(30)34)27(35)29-14-12-28(13-15-29)19-6-2-1-3-7-19/h4-5,8-11,16,19,23,32H,1-3,6-7,12-15,17H2/t23-/m1/s1. The number of nitrogens with zero attached hydrogens (tertiary/aromatic N) is 4. The van der Waals surface area contributed by atoms with Crippen molar-refractivity contribution in [3.8, 4) is 5.75 Å². The van der Waals surface area contributed by atoms with E-state index in [0.29, 0.717) is 24.7 Å². The lowest BCUT2D eigenvalue weighted by atomic mass is 9.93. The van der Waals surface area contributed by atoms with E-state index in [-0.39, 0.29) is 23.5 Å². The predicted octanol–water partition coefficient (Wildman–Crippen LogP) is 2.98. The van der Waals surface area contributed by atoms with Crippen LogP contribution in [0.1, 0.15) is 58.4 Å². The summed E-state index contributed by atoms with van der Waals surface area (Å²) in [5, 5.41) is 21.2. The number of fused-ring (bicyclic) bond motifs is 1. The number of benzene rings is 2. The van der Waals surface area contributed by atoms with Crippen LogP contribution in [0.4, 0.5) is 5.69 Å². The average molecular weight is 507 g/mol. The number of phenols is 1. The molecule has 2 fully saturated rings. The van der Waals surface area contributed by atoms with Crippen molar-refractivity contribution in [3.05, 3.63) is 69.3 Å². The second kappa shape index (κ2) is 10.3. The largest absolute Gasteiger partial charge is 0.502 e. The van der Waals surface area contributed by atoms with Crippen LogP contribution in [0.25, 0.3) is 0 Å². The van der Waals surface area contributed by atoms with Gasteiger partial charge < -0.3 is 10.0 Å². The summed E-state index contributed by atoms with van der Waals surface area (Å²) in [6.45, 7) is 2.45. The number of nitro benzene ring substituents is 1. The van der Waals surface area contributed by atoms with Gasteiger partial charge >= 0.3 is 5.69 Å². The number of hydrogen-bond donors (Lipinski definition) is 1. The number of phenolic OH excluding ortho intramolecular Hbond substituents is 1. The van der Waals surface area contributed by atoms with Crippen molar-refractivity contribution in [1.82, 2.24) is 14.7 Å². The molecule has 3 aliphatic rings. The molecule has 1 N–H and O–H groups in total. The highest BCUT2D eigenvalue weighted by Crippen LogP contribution is 2.31. The number of aromatic hydroxyl groups is 1. The highest BCUT2D eigenvalue weighted by molar-refractivity contribution is 6.22. The lowest BCUT2D eigenvalue weighted by Gasteiger charge is -2.42. The molecule has 2 heterocycles. The van der Waals surface area contributed by atoms with Crippen LogP contribution in [0, 0.1) is 10.1 Å². The topological polar surface area (TPSA) is 124 Å². The van der Waals surface area contributed by atoms with E-state index in [1.807, 2.05) is 0 Å². The fraction of sp³-hybridized carbons (Fsp3) is 0.444. The Morgan fingerprint density at radius 2 is 1.59 bits per heavy atom. The first-order valence-electron chi connectivity index (χ1n) is 12.8. The molecule has 37 heavy (non-hydrogen) atoms. The molecule has 194 valence electrons. The van der Waals surface area contributed by atoms with Gasteiger partial charge in [-0.15, -0.1) is 0 Å². The highest BCUT2D eigenvalue weighted by Gasteiger charge is 2.44. The Kier molecular flexibility index (Phi) is 6.92. The molecule has 1 aliphatic carbocycles. The summed E-state index contributed by atoms with van der Waals surface area (Å²) in [6, 6.07) is 9.69. The first kappa shape index (κ1) is 24.9. The van der Waals surface area contributed by atoms with E-state index < -0.39 is 34.2 Å². The zero-order valence-electron chi connectivity index (χ0n) is 20.5. The molecule has 1 atom stereocenters.